The molecule has 38 heavy (non-hydrogen) atoms. The average Bonchev–Trinajstić information content (AvgIpc) is 2.99. The van der Waals surface area contributed by atoms with Crippen LogP contribution in [0.5, 0.6) is 0 Å². The van der Waals surface area contributed by atoms with Gasteiger partial charge in [-0.05, 0) is 96.7 Å². The Morgan fingerprint density at radius 2 is 1.32 bits per heavy atom. The Morgan fingerprint density at radius 1 is 0.711 bits per heavy atom. The van der Waals surface area contributed by atoms with E-state index >= 15 is 0 Å². The fourth-order valence-corrected chi connectivity index (χ4v) is 6.26. The molecule has 0 aliphatic heterocycles. The molecule has 5 rings (SSSR count). The van der Waals surface area contributed by atoms with E-state index in [2.05, 4.69) is 122 Å². The van der Waals surface area contributed by atoms with Gasteiger partial charge in [-0.3, -0.25) is 0 Å². The SMILES string of the molecule is C#Cc1ccc(CC2CCC(C(C(=C)CCc3ccccc3)c3ccc(-c4ccccc4)cc3)CC2)cc1. The predicted octanol–water partition coefficient (Wildman–Crippen LogP) is 9.66. The number of hydrogen-bond donors (Lipinski definition) is 0. The summed E-state index contributed by atoms with van der Waals surface area (Å²) in [5, 5.41) is 0. The van der Waals surface area contributed by atoms with Crippen LogP contribution < -0.4 is 0 Å². The summed E-state index contributed by atoms with van der Waals surface area (Å²) < 4.78 is 0. The third-order valence-corrected chi connectivity index (χ3v) is 8.40. The first-order valence-electron chi connectivity index (χ1n) is 14.1. The van der Waals surface area contributed by atoms with E-state index < -0.39 is 0 Å². The lowest BCUT2D eigenvalue weighted by atomic mass is 9.69. The molecule has 0 amide bonds. The molecule has 1 atom stereocenters. The molecule has 4 aromatic rings. The highest BCUT2D eigenvalue weighted by atomic mass is 14.3. The lowest BCUT2D eigenvalue weighted by molar-refractivity contribution is 0.252. The molecule has 4 aromatic carbocycles. The molecule has 0 aromatic heterocycles. The third kappa shape index (κ3) is 6.54. The van der Waals surface area contributed by atoms with Gasteiger partial charge >= 0.3 is 0 Å². The van der Waals surface area contributed by atoms with Crippen LogP contribution in [0.2, 0.25) is 0 Å². The summed E-state index contributed by atoms with van der Waals surface area (Å²) in [4.78, 5) is 0. The standard InChI is InChI=1S/C38H38/c1-3-30-16-18-32(19-17-30)28-33-20-22-36(23-21-33)38(29(2)14-15-31-10-6-4-7-11-31)37-26-24-35(25-27-37)34-12-8-5-9-13-34/h1,4-13,16-19,24-27,33,36,38H,2,14-15,20-23,28H2. The molecule has 1 saturated carbocycles. The van der Waals surface area contributed by atoms with Gasteiger partial charge in [0.25, 0.3) is 0 Å². The van der Waals surface area contributed by atoms with Gasteiger partial charge in [-0.2, -0.15) is 0 Å². The summed E-state index contributed by atoms with van der Waals surface area (Å²) in [6.45, 7) is 4.69. The topological polar surface area (TPSA) is 0 Å². The number of terminal acetylenes is 1. The van der Waals surface area contributed by atoms with Crippen molar-refractivity contribution in [2.75, 3.05) is 0 Å². The Balaban J connectivity index is 1.29. The van der Waals surface area contributed by atoms with E-state index in [4.69, 9.17) is 6.42 Å². The molecular formula is C38H38. The Labute approximate surface area is 229 Å². The van der Waals surface area contributed by atoms with Gasteiger partial charge in [-0.1, -0.05) is 115 Å². The van der Waals surface area contributed by atoms with Crippen molar-refractivity contribution >= 4 is 0 Å². The molecule has 0 heterocycles. The van der Waals surface area contributed by atoms with Crippen molar-refractivity contribution in [2.45, 2.75) is 50.9 Å². The number of hydrogen-bond acceptors (Lipinski definition) is 0. The molecule has 1 unspecified atom stereocenters. The minimum absolute atomic E-state index is 0.416. The first kappa shape index (κ1) is 25.8. The second kappa shape index (κ2) is 12.6. The van der Waals surface area contributed by atoms with Crippen LogP contribution in [0.15, 0.2) is 121 Å². The van der Waals surface area contributed by atoms with E-state index in [1.54, 1.807) is 0 Å². The smallest absolute Gasteiger partial charge is 0.0242 e. The van der Waals surface area contributed by atoms with Crippen LogP contribution in [0.4, 0.5) is 0 Å². The zero-order valence-electron chi connectivity index (χ0n) is 22.4. The maximum atomic E-state index is 5.54. The summed E-state index contributed by atoms with van der Waals surface area (Å²) in [5.41, 5.74) is 9.13. The fourth-order valence-electron chi connectivity index (χ4n) is 6.26. The molecular weight excluding hydrogens is 456 g/mol. The zero-order valence-corrected chi connectivity index (χ0v) is 22.4. The fraction of sp³-hybridized carbons (Fsp3) is 0.263. The van der Waals surface area contributed by atoms with Crippen LogP contribution in [0, 0.1) is 24.2 Å². The molecule has 0 N–H and O–H groups in total. The summed E-state index contributed by atoms with van der Waals surface area (Å²) in [7, 11) is 0. The first-order valence-corrected chi connectivity index (χ1v) is 14.1. The van der Waals surface area contributed by atoms with Gasteiger partial charge in [-0.15, -0.1) is 6.42 Å². The first-order chi connectivity index (χ1) is 18.7. The lowest BCUT2D eigenvalue weighted by Crippen LogP contribution is -2.23. The largest absolute Gasteiger partial charge is 0.115 e. The van der Waals surface area contributed by atoms with Crippen LogP contribution in [0.3, 0.4) is 0 Å². The summed E-state index contributed by atoms with van der Waals surface area (Å²) >= 11 is 0. The van der Waals surface area contributed by atoms with Crippen molar-refractivity contribution in [3.8, 4) is 23.5 Å². The number of aryl methyl sites for hydroxylation is 1. The van der Waals surface area contributed by atoms with Crippen LogP contribution in [-0.4, -0.2) is 0 Å². The molecule has 0 saturated heterocycles. The Hall–Kier alpha value is -3.82. The monoisotopic (exact) mass is 494 g/mol. The molecule has 0 nitrogen and oxygen atoms in total. The van der Waals surface area contributed by atoms with E-state index in [-0.39, 0.29) is 0 Å². The maximum Gasteiger partial charge on any atom is 0.0242 e. The molecule has 1 aliphatic carbocycles. The van der Waals surface area contributed by atoms with Gasteiger partial charge in [0.2, 0.25) is 0 Å². The number of benzene rings is 4. The van der Waals surface area contributed by atoms with Crippen molar-refractivity contribution in [1.29, 1.82) is 0 Å². The minimum atomic E-state index is 0.416. The minimum Gasteiger partial charge on any atom is -0.115 e. The predicted molar refractivity (Wildman–Crippen MR) is 162 cm³/mol. The maximum absolute atomic E-state index is 5.54. The third-order valence-electron chi connectivity index (χ3n) is 8.40. The van der Waals surface area contributed by atoms with Crippen LogP contribution in [-0.2, 0) is 12.8 Å². The number of allylic oxidation sites excluding steroid dienone is 1. The molecule has 1 aliphatic rings. The van der Waals surface area contributed by atoms with Gasteiger partial charge in [-0.25, -0.2) is 0 Å². The Morgan fingerprint density at radius 3 is 1.95 bits per heavy atom. The van der Waals surface area contributed by atoms with E-state index in [0.29, 0.717) is 11.8 Å². The summed E-state index contributed by atoms with van der Waals surface area (Å²) in [6.07, 6.45) is 13.9. The van der Waals surface area contributed by atoms with Crippen LogP contribution in [0.1, 0.15) is 60.3 Å². The van der Waals surface area contributed by atoms with Gasteiger partial charge in [0.05, 0.1) is 0 Å². The zero-order chi connectivity index (χ0) is 26.2. The van der Waals surface area contributed by atoms with Gasteiger partial charge < -0.3 is 0 Å². The van der Waals surface area contributed by atoms with E-state index in [0.717, 1.165) is 30.7 Å². The number of rotatable bonds is 9. The van der Waals surface area contributed by atoms with Gasteiger partial charge in [0.1, 0.15) is 0 Å². The summed E-state index contributed by atoms with van der Waals surface area (Å²) in [6, 6.07) is 39.4. The van der Waals surface area contributed by atoms with Crippen molar-refractivity contribution < 1.29 is 0 Å². The van der Waals surface area contributed by atoms with Crippen molar-refractivity contribution in [2.24, 2.45) is 11.8 Å². The van der Waals surface area contributed by atoms with Crippen molar-refractivity contribution in [1.82, 2.24) is 0 Å². The second-order valence-corrected chi connectivity index (χ2v) is 10.9. The van der Waals surface area contributed by atoms with Crippen molar-refractivity contribution in [3.05, 3.63) is 144 Å². The molecule has 0 bridgehead atoms. The molecule has 1 fully saturated rings. The molecule has 0 spiro atoms. The Kier molecular flexibility index (Phi) is 8.57. The lowest BCUT2D eigenvalue weighted by Gasteiger charge is -2.35. The van der Waals surface area contributed by atoms with Gasteiger partial charge in [0, 0.05) is 11.5 Å². The highest BCUT2D eigenvalue weighted by Gasteiger charge is 2.30. The Bertz CT molecular complexity index is 1330. The molecule has 0 radical (unpaired) electrons. The van der Waals surface area contributed by atoms with Crippen molar-refractivity contribution in [3.63, 3.8) is 0 Å². The highest BCUT2D eigenvalue weighted by molar-refractivity contribution is 5.63. The molecule has 0 heteroatoms. The normalized spacial score (nSPS) is 17.9. The van der Waals surface area contributed by atoms with E-state index in [9.17, 15) is 0 Å². The second-order valence-electron chi connectivity index (χ2n) is 10.9. The average molecular weight is 495 g/mol. The van der Waals surface area contributed by atoms with E-state index in [1.807, 2.05) is 0 Å². The summed E-state index contributed by atoms with van der Waals surface area (Å²) in [5.74, 6) is 4.55. The van der Waals surface area contributed by atoms with Crippen LogP contribution in [0.25, 0.3) is 11.1 Å². The van der Waals surface area contributed by atoms with E-state index in [1.165, 1.54) is 59.1 Å². The molecule has 190 valence electrons. The van der Waals surface area contributed by atoms with Gasteiger partial charge in [0.15, 0.2) is 0 Å². The highest BCUT2D eigenvalue weighted by Crippen LogP contribution is 2.44. The van der Waals surface area contributed by atoms with Crippen LogP contribution >= 0.6 is 0 Å². The quantitative estimate of drug-likeness (QED) is 0.160.